The van der Waals surface area contributed by atoms with Gasteiger partial charge in [-0.15, -0.1) is 0 Å². The normalized spacial score (nSPS) is 13.4. The molecule has 0 atom stereocenters. The highest BCUT2D eigenvalue weighted by Crippen LogP contribution is 2.62. The predicted octanol–water partition coefficient (Wildman–Crippen LogP) is 10.8. The fourth-order valence-corrected chi connectivity index (χ4v) is 7.90. The van der Waals surface area contributed by atoms with Crippen molar-refractivity contribution in [3.63, 3.8) is 0 Å². The Morgan fingerprint density at radius 1 is 0.447 bits per heavy atom. The number of imidazole rings is 1. The van der Waals surface area contributed by atoms with Crippen molar-refractivity contribution in [2.24, 2.45) is 0 Å². The molecular formula is C44H28N2O. The van der Waals surface area contributed by atoms with E-state index in [1.807, 2.05) is 12.1 Å². The summed E-state index contributed by atoms with van der Waals surface area (Å²) < 4.78 is 8.78. The number of hydrogen-bond acceptors (Lipinski definition) is 2. The lowest BCUT2D eigenvalue weighted by Crippen LogP contribution is -2.32. The predicted molar refractivity (Wildman–Crippen MR) is 189 cm³/mol. The lowest BCUT2D eigenvalue weighted by Gasteiger charge is -2.39. The van der Waals surface area contributed by atoms with Gasteiger partial charge in [-0.1, -0.05) is 127 Å². The summed E-state index contributed by atoms with van der Waals surface area (Å²) in [4.78, 5) is 5.04. The van der Waals surface area contributed by atoms with Crippen LogP contribution in [-0.2, 0) is 5.41 Å². The molecule has 10 rings (SSSR count). The van der Waals surface area contributed by atoms with Crippen LogP contribution in [-0.4, -0.2) is 9.55 Å². The molecule has 0 amide bonds. The first-order valence-corrected chi connectivity index (χ1v) is 16.1. The van der Waals surface area contributed by atoms with Crippen molar-refractivity contribution in [3.8, 4) is 50.8 Å². The maximum absolute atomic E-state index is 6.52. The molecule has 0 bridgehead atoms. The van der Waals surface area contributed by atoms with Gasteiger partial charge in [0.25, 0.3) is 0 Å². The third-order valence-electron chi connectivity index (χ3n) is 9.90. The molecule has 3 heteroatoms. The standard InChI is InChI=1S/C44H28N2O/c1-2-12-30(13-3-1)43-45-39-18-8-9-19-40(39)46(43)32-25-22-29(23-26-32)31-24-27-34-33-14-4-5-15-35(33)44(38(34)28-31)36-16-6-10-20-41(36)47-42-21-11-7-17-37(42)44/h1-28H. The van der Waals surface area contributed by atoms with Crippen molar-refractivity contribution in [1.82, 2.24) is 9.55 Å². The van der Waals surface area contributed by atoms with Crippen LogP contribution in [0.1, 0.15) is 22.3 Å². The molecular weight excluding hydrogens is 572 g/mol. The maximum Gasteiger partial charge on any atom is 0.145 e. The number of fused-ring (bicyclic) bond motifs is 10. The SMILES string of the molecule is c1ccc(-c2nc3ccccc3n2-c2ccc(-c3ccc4c(c3)C3(c5ccccc5Oc5ccccc53)c3ccccc3-4)cc2)cc1. The summed E-state index contributed by atoms with van der Waals surface area (Å²) in [5.74, 6) is 2.75. The highest BCUT2D eigenvalue weighted by atomic mass is 16.5. The van der Waals surface area contributed by atoms with Gasteiger partial charge >= 0.3 is 0 Å². The summed E-state index contributed by atoms with van der Waals surface area (Å²) in [5, 5.41) is 0. The highest BCUT2D eigenvalue weighted by molar-refractivity contribution is 5.90. The Labute approximate surface area is 273 Å². The Balaban J connectivity index is 1.15. The molecule has 220 valence electrons. The molecule has 0 N–H and O–H groups in total. The van der Waals surface area contributed by atoms with Crippen molar-refractivity contribution in [2.45, 2.75) is 5.41 Å². The van der Waals surface area contributed by atoms with Crippen molar-refractivity contribution in [3.05, 3.63) is 192 Å². The van der Waals surface area contributed by atoms with Crippen LogP contribution >= 0.6 is 0 Å². The van der Waals surface area contributed by atoms with Gasteiger partial charge in [0, 0.05) is 22.4 Å². The summed E-state index contributed by atoms with van der Waals surface area (Å²) in [6, 6.07) is 60.6. The van der Waals surface area contributed by atoms with E-state index in [4.69, 9.17) is 9.72 Å². The van der Waals surface area contributed by atoms with E-state index in [0.29, 0.717) is 0 Å². The third-order valence-corrected chi connectivity index (χ3v) is 9.90. The fraction of sp³-hybridized carbons (Fsp3) is 0.0227. The number of ether oxygens (including phenoxy) is 1. The van der Waals surface area contributed by atoms with Gasteiger partial charge in [-0.2, -0.15) is 0 Å². The minimum atomic E-state index is -0.479. The van der Waals surface area contributed by atoms with Crippen LogP contribution in [0, 0.1) is 0 Å². The van der Waals surface area contributed by atoms with Crippen LogP contribution in [0.25, 0.3) is 50.4 Å². The first-order valence-electron chi connectivity index (χ1n) is 16.1. The molecule has 1 spiro atoms. The molecule has 7 aromatic carbocycles. The van der Waals surface area contributed by atoms with E-state index in [0.717, 1.165) is 39.6 Å². The van der Waals surface area contributed by atoms with Crippen LogP contribution < -0.4 is 4.74 Å². The molecule has 47 heavy (non-hydrogen) atoms. The lowest BCUT2D eigenvalue weighted by molar-refractivity contribution is 0.436. The minimum absolute atomic E-state index is 0.479. The zero-order valence-corrected chi connectivity index (χ0v) is 25.5. The highest BCUT2D eigenvalue weighted by Gasteiger charge is 2.50. The molecule has 1 aliphatic heterocycles. The smallest absolute Gasteiger partial charge is 0.145 e. The van der Waals surface area contributed by atoms with Gasteiger partial charge in [-0.25, -0.2) is 4.98 Å². The van der Waals surface area contributed by atoms with Gasteiger partial charge in [0.05, 0.1) is 16.4 Å². The average Bonchev–Trinajstić information content (AvgIpc) is 3.67. The molecule has 1 aliphatic carbocycles. The van der Waals surface area contributed by atoms with Crippen LogP contribution in [0.5, 0.6) is 11.5 Å². The monoisotopic (exact) mass is 600 g/mol. The quantitative estimate of drug-likeness (QED) is 0.202. The Hall–Kier alpha value is -6.19. The van der Waals surface area contributed by atoms with Gasteiger partial charge in [0.1, 0.15) is 17.3 Å². The zero-order valence-electron chi connectivity index (χ0n) is 25.5. The summed E-state index contributed by atoms with van der Waals surface area (Å²) in [6.07, 6.45) is 0. The van der Waals surface area contributed by atoms with E-state index in [2.05, 4.69) is 162 Å². The summed E-state index contributed by atoms with van der Waals surface area (Å²) in [7, 11) is 0. The number of benzene rings is 7. The van der Waals surface area contributed by atoms with Gasteiger partial charge < -0.3 is 4.74 Å². The van der Waals surface area contributed by atoms with E-state index >= 15 is 0 Å². The Bertz CT molecular complexity index is 2450. The molecule has 2 aliphatic rings. The number of hydrogen-bond donors (Lipinski definition) is 0. The number of nitrogens with zero attached hydrogens (tertiary/aromatic N) is 2. The Morgan fingerprint density at radius 2 is 1.04 bits per heavy atom. The minimum Gasteiger partial charge on any atom is -0.457 e. The van der Waals surface area contributed by atoms with Crippen molar-refractivity contribution < 1.29 is 4.74 Å². The second-order valence-corrected chi connectivity index (χ2v) is 12.3. The molecule has 0 saturated carbocycles. The average molecular weight is 601 g/mol. The summed E-state index contributed by atoms with van der Waals surface area (Å²) in [5.41, 5.74) is 13.6. The van der Waals surface area contributed by atoms with Gasteiger partial charge in [-0.05, 0) is 75.8 Å². The van der Waals surface area contributed by atoms with E-state index in [1.54, 1.807) is 0 Å². The number of aromatic nitrogens is 2. The van der Waals surface area contributed by atoms with Gasteiger partial charge in [-0.3, -0.25) is 4.57 Å². The van der Waals surface area contributed by atoms with Crippen molar-refractivity contribution in [1.29, 1.82) is 0 Å². The largest absolute Gasteiger partial charge is 0.457 e. The van der Waals surface area contributed by atoms with Crippen LogP contribution in [0.15, 0.2) is 170 Å². The zero-order chi connectivity index (χ0) is 31.0. The lowest BCUT2D eigenvalue weighted by atomic mass is 9.66. The Kier molecular flexibility index (Phi) is 5.49. The van der Waals surface area contributed by atoms with E-state index in [1.165, 1.54) is 44.5 Å². The molecule has 0 radical (unpaired) electrons. The van der Waals surface area contributed by atoms with Crippen LogP contribution in [0.4, 0.5) is 0 Å². The van der Waals surface area contributed by atoms with Crippen molar-refractivity contribution >= 4 is 11.0 Å². The number of rotatable bonds is 3. The summed E-state index contributed by atoms with van der Waals surface area (Å²) >= 11 is 0. The van der Waals surface area contributed by atoms with Crippen molar-refractivity contribution in [2.75, 3.05) is 0 Å². The van der Waals surface area contributed by atoms with E-state index < -0.39 is 5.41 Å². The van der Waals surface area contributed by atoms with Gasteiger partial charge in [0.2, 0.25) is 0 Å². The Morgan fingerprint density at radius 3 is 1.81 bits per heavy atom. The topological polar surface area (TPSA) is 27.1 Å². The van der Waals surface area contributed by atoms with Crippen LogP contribution in [0.2, 0.25) is 0 Å². The number of para-hydroxylation sites is 4. The molecule has 0 unspecified atom stereocenters. The fourth-order valence-electron chi connectivity index (χ4n) is 7.90. The van der Waals surface area contributed by atoms with E-state index in [-0.39, 0.29) is 0 Å². The molecule has 2 heterocycles. The molecule has 0 saturated heterocycles. The van der Waals surface area contributed by atoms with Crippen LogP contribution in [0.3, 0.4) is 0 Å². The maximum atomic E-state index is 6.52. The first-order chi connectivity index (χ1) is 23.3. The molecule has 0 fully saturated rings. The second kappa shape index (κ2) is 9.90. The van der Waals surface area contributed by atoms with E-state index in [9.17, 15) is 0 Å². The second-order valence-electron chi connectivity index (χ2n) is 12.3. The summed E-state index contributed by atoms with van der Waals surface area (Å²) in [6.45, 7) is 0. The molecule has 8 aromatic rings. The molecule has 1 aromatic heterocycles. The molecule has 3 nitrogen and oxygen atoms in total. The first kappa shape index (κ1) is 26.1. The third kappa shape index (κ3) is 3.65. The van der Waals surface area contributed by atoms with Gasteiger partial charge in [0.15, 0.2) is 0 Å².